The van der Waals surface area contributed by atoms with E-state index < -0.39 is 0 Å². The van der Waals surface area contributed by atoms with Crippen LogP contribution < -0.4 is 0 Å². The van der Waals surface area contributed by atoms with Crippen molar-refractivity contribution in [2.45, 2.75) is 27.7 Å². The Balaban J connectivity index is 0.00000481. The van der Waals surface area contributed by atoms with Crippen LogP contribution in [0.1, 0.15) is 38.8 Å². The van der Waals surface area contributed by atoms with E-state index in [0.717, 1.165) is 48.1 Å². The molecule has 0 aliphatic heterocycles. The van der Waals surface area contributed by atoms with Crippen molar-refractivity contribution in [2.75, 3.05) is 26.2 Å². The van der Waals surface area contributed by atoms with Crippen molar-refractivity contribution < 1.29 is 17.1 Å². The van der Waals surface area contributed by atoms with Gasteiger partial charge in [-0.25, -0.2) is 0 Å². The SMILES string of the molecule is CCN(CC)C([S-])=NN=C(C(=NN=C([S-])N(CC)CC)c1cccc2ccccc12)c1ccccc1.[Cu+2]. The zero-order chi connectivity index (χ0) is 25.9. The quantitative estimate of drug-likeness (QED) is 0.111. The smallest absolute Gasteiger partial charge is 0.741 e. The van der Waals surface area contributed by atoms with E-state index in [2.05, 4.69) is 33.5 Å². The summed E-state index contributed by atoms with van der Waals surface area (Å²) < 4.78 is 0. The van der Waals surface area contributed by atoms with Gasteiger partial charge in [-0.1, -0.05) is 72.8 Å². The Hall–Kier alpha value is -2.84. The third kappa shape index (κ3) is 7.82. The van der Waals surface area contributed by atoms with E-state index in [4.69, 9.17) is 30.4 Å². The van der Waals surface area contributed by atoms with Crippen LogP contribution in [-0.4, -0.2) is 57.7 Å². The molecule has 0 heterocycles. The minimum atomic E-state index is 0. The van der Waals surface area contributed by atoms with Gasteiger partial charge in [0.25, 0.3) is 0 Å². The Bertz CT molecular complexity index is 1260. The fourth-order valence-corrected chi connectivity index (χ4v) is 4.40. The summed E-state index contributed by atoms with van der Waals surface area (Å²) in [7, 11) is 0. The molecular weight excluding hydrogens is 548 g/mol. The number of hydrogen-bond donors (Lipinski definition) is 0. The minimum absolute atomic E-state index is 0. The van der Waals surface area contributed by atoms with E-state index in [1.807, 2.05) is 92.1 Å². The topological polar surface area (TPSA) is 55.9 Å². The molecule has 0 unspecified atom stereocenters. The first kappa shape index (κ1) is 30.4. The van der Waals surface area contributed by atoms with Crippen molar-refractivity contribution in [1.82, 2.24) is 9.80 Å². The number of benzene rings is 3. The average Bonchev–Trinajstić information content (AvgIpc) is 2.92. The largest absolute Gasteiger partial charge is 2.00 e. The molecular formula is C28H32CuN6S2. The summed E-state index contributed by atoms with van der Waals surface area (Å²) in [6, 6.07) is 24.2. The van der Waals surface area contributed by atoms with E-state index in [0.29, 0.717) is 21.8 Å². The summed E-state index contributed by atoms with van der Waals surface area (Å²) in [6.07, 6.45) is 0. The molecule has 0 saturated heterocycles. The molecule has 0 N–H and O–H groups in total. The molecule has 3 aromatic carbocycles. The second-order valence-corrected chi connectivity index (χ2v) is 8.63. The van der Waals surface area contributed by atoms with Crippen LogP contribution in [0.25, 0.3) is 10.8 Å². The van der Waals surface area contributed by atoms with Crippen LogP contribution in [0.4, 0.5) is 0 Å². The molecule has 0 atom stereocenters. The number of amidine groups is 2. The van der Waals surface area contributed by atoms with Crippen molar-refractivity contribution in [3.8, 4) is 0 Å². The van der Waals surface area contributed by atoms with Crippen LogP contribution in [0, 0.1) is 0 Å². The maximum atomic E-state index is 5.57. The van der Waals surface area contributed by atoms with Crippen molar-refractivity contribution >= 4 is 57.8 Å². The standard InChI is InChI=1S/C28H34N6S2.Cu/c1-5-33(6-2)27(35)31-29-25(22-16-10-9-11-17-22)26(30-32-28(36)34(7-3)8-4)24-20-14-18-21-15-12-13-19-23(21)24;/h9-20H,5-8H2,1-4H3,(H,31,35)(H,32,36);/q;+2/p-2. The predicted octanol–water partition coefficient (Wildman–Crippen LogP) is 5.44. The van der Waals surface area contributed by atoms with E-state index in [1.165, 1.54) is 0 Å². The van der Waals surface area contributed by atoms with Crippen molar-refractivity contribution in [3.63, 3.8) is 0 Å². The van der Waals surface area contributed by atoms with E-state index in [-0.39, 0.29) is 17.1 Å². The zero-order valence-corrected chi connectivity index (χ0v) is 24.1. The molecule has 0 aliphatic carbocycles. The van der Waals surface area contributed by atoms with Gasteiger partial charge in [-0.3, -0.25) is 0 Å². The average molecular weight is 580 g/mol. The summed E-state index contributed by atoms with van der Waals surface area (Å²) in [5.74, 6) is 0. The Kier molecular flexibility index (Phi) is 12.7. The fourth-order valence-electron chi connectivity index (χ4n) is 3.80. The number of fused-ring (bicyclic) bond motifs is 1. The first-order valence-corrected chi connectivity index (χ1v) is 13.0. The van der Waals surface area contributed by atoms with E-state index >= 15 is 0 Å². The van der Waals surface area contributed by atoms with Gasteiger partial charge in [0.15, 0.2) is 0 Å². The second kappa shape index (κ2) is 15.4. The van der Waals surface area contributed by atoms with E-state index in [1.54, 1.807) is 0 Å². The molecule has 0 saturated carbocycles. The van der Waals surface area contributed by atoms with Crippen molar-refractivity contribution in [3.05, 3.63) is 83.9 Å². The fraction of sp³-hybridized carbons (Fsp3) is 0.286. The maximum Gasteiger partial charge on any atom is 2.00 e. The predicted molar refractivity (Wildman–Crippen MR) is 159 cm³/mol. The molecule has 0 amide bonds. The molecule has 0 fully saturated rings. The summed E-state index contributed by atoms with van der Waals surface area (Å²) in [6.45, 7) is 11.2. The normalized spacial score (nSPS) is 12.9. The van der Waals surface area contributed by atoms with Gasteiger partial charge in [0.1, 0.15) is 11.4 Å². The van der Waals surface area contributed by atoms with Crippen LogP contribution in [-0.2, 0) is 42.3 Å². The van der Waals surface area contributed by atoms with Gasteiger partial charge in [-0.15, -0.1) is 10.2 Å². The monoisotopic (exact) mass is 579 g/mol. The second-order valence-electron chi connectivity index (χ2n) is 7.90. The molecule has 3 aromatic rings. The van der Waals surface area contributed by atoms with Gasteiger partial charge in [-0.05, 0) is 38.5 Å². The zero-order valence-electron chi connectivity index (χ0n) is 21.6. The van der Waals surface area contributed by atoms with Crippen LogP contribution in [0.3, 0.4) is 0 Å². The maximum absolute atomic E-state index is 5.57. The van der Waals surface area contributed by atoms with Crippen molar-refractivity contribution in [2.24, 2.45) is 20.4 Å². The van der Waals surface area contributed by atoms with E-state index in [9.17, 15) is 0 Å². The molecule has 0 aromatic heterocycles. The van der Waals surface area contributed by atoms with Crippen LogP contribution in [0.15, 0.2) is 93.2 Å². The molecule has 9 heteroatoms. The summed E-state index contributed by atoms with van der Waals surface area (Å²) in [5.41, 5.74) is 2.91. The third-order valence-corrected chi connectivity index (χ3v) is 6.53. The van der Waals surface area contributed by atoms with Crippen LogP contribution in [0.2, 0.25) is 0 Å². The number of nitrogens with zero attached hydrogens (tertiary/aromatic N) is 6. The molecule has 1 radical (unpaired) electrons. The van der Waals surface area contributed by atoms with Crippen LogP contribution >= 0.6 is 0 Å². The Labute approximate surface area is 241 Å². The van der Waals surface area contributed by atoms with Gasteiger partial charge in [0.2, 0.25) is 0 Å². The molecule has 0 aliphatic rings. The Morgan fingerprint density at radius 2 is 1.08 bits per heavy atom. The molecule has 0 spiro atoms. The number of hydrogen-bond acceptors (Lipinski definition) is 6. The van der Waals surface area contributed by atoms with Gasteiger partial charge < -0.3 is 35.1 Å². The van der Waals surface area contributed by atoms with Gasteiger partial charge in [-0.2, -0.15) is 10.2 Å². The van der Waals surface area contributed by atoms with Gasteiger partial charge in [0.05, 0.1) is 0 Å². The summed E-state index contributed by atoms with van der Waals surface area (Å²) >= 11 is 11.1. The van der Waals surface area contributed by atoms with Gasteiger partial charge in [0, 0.05) is 47.6 Å². The minimum Gasteiger partial charge on any atom is -0.741 e. The Morgan fingerprint density at radius 3 is 1.65 bits per heavy atom. The third-order valence-electron chi connectivity index (χ3n) is 5.86. The molecule has 0 bridgehead atoms. The van der Waals surface area contributed by atoms with Gasteiger partial charge >= 0.3 is 17.1 Å². The van der Waals surface area contributed by atoms with Crippen LogP contribution in [0.5, 0.6) is 0 Å². The molecule has 37 heavy (non-hydrogen) atoms. The Morgan fingerprint density at radius 1 is 0.595 bits per heavy atom. The summed E-state index contributed by atoms with van der Waals surface area (Å²) in [5, 5.41) is 21.3. The molecule has 197 valence electrons. The first-order chi connectivity index (χ1) is 17.5. The summed E-state index contributed by atoms with van der Waals surface area (Å²) in [4.78, 5) is 3.97. The first-order valence-electron chi connectivity index (χ1n) is 12.2. The molecule has 6 nitrogen and oxygen atoms in total. The van der Waals surface area contributed by atoms with Crippen molar-refractivity contribution in [1.29, 1.82) is 0 Å². The number of rotatable bonds is 9. The molecule has 3 rings (SSSR count).